The van der Waals surface area contributed by atoms with E-state index >= 15 is 0 Å². The Bertz CT molecular complexity index is 288. The molecule has 0 amide bonds. The first kappa shape index (κ1) is 12.3. The smallest absolute Gasteiger partial charge is 0.767 e. The first-order chi connectivity index (χ1) is 5.15. The van der Waals surface area contributed by atoms with Crippen LogP contribution in [0.2, 0.25) is 0 Å². The number of aliphatic hydroxyl groups excluding tert-OH is 1. The summed E-state index contributed by atoms with van der Waals surface area (Å²) >= 11 is -2.31. The summed E-state index contributed by atoms with van der Waals surface area (Å²) in [5, 5.41) is 12.2. The summed E-state index contributed by atoms with van der Waals surface area (Å²) in [6.07, 6.45) is 0. The molecular weight excluding hydrogens is 191 g/mol. The minimum Gasteiger partial charge on any atom is -0.767 e. The zero-order valence-electron chi connectivity index (χ0n) is 6.85. The SMILES string of the molecule is Cn1nc(S(=O)[O-])cc1CO.[Na+]. The number of hydrogen-bond donors (Lipinski definition) is 1. The van der Waals surface area contributed by atoms with Crippen LogP contribution in [0.3, 0.4) is 0 Å². The van der Waals surface area contributed by atoms with Gasteiger partial charge in [0.1, 0.15) is 5.03 Å². The fourth-order valence-electron chi connectivity index (χ4n) is 0.706. The van der Waals surface area contributed by atoms with Crippen molar-refractivity contribution >= 4 is 11.1 Å². The van der Waals surface area contributed by atoms with Gasteiger partial charge in [-0.25, -0.2) is 0 Å². The summed E-state index contributed by atoms with van der Waals surface area (Å²) in [6.45, 7) is -0.208. The van der Waals surface area contributed by atoms with Crippen molar-refractivity contribution in [1.82, 2.24) is 9.78 Å². The molecule has 0 aliphatic heterocycles. The molecule has 1 rings (SSSR count). The molecule has 5 nitrogen and oxygen atoms in total. The molecule has 0 saturated carbocycles. The number of aryl methyl sites for hydroxylation is 1. The fraction of sp³-hybridized carbons (Fsp3) is 0.400. The van der Waals surface area contributed by atoms with Gasteiger partial charge in [-0.3, -0.25) is 8.89 Å². The Labute approximate surface area is 94.4 Å². The van der Waals surface area contributed by atoms with E-state index in [0.29, 0.717) is 5.69 Å². The zero-order chi connectivity index (χ0) is 8.43. The van der Waals surface area contributed by atoms with E-state index in [1.807, 2.05) is 0 Å². The second-order valence-electron chi connectivity index (χ2n) is 1.99. The second kappa shape index (κ2) is 5.11. The van der Waals surface area contributed by atoms with Gasteiger partial charge in [0.05, 0.1) is 12.3 Å². The van der Waals surface area contributed by atoms with Crippen LogP contribution in [0.4, 0.5) is 0 Å². The second-order valence-corrected chi connectivity index (χ2v) is 2.88. The molecule has 0 spiro atoms. The van der Waals surface area contributed by atoms with Gasteiger partial charge in [-0.2, -0.15) is 5.10 Å². The van der Waals surface area contributed by atoms with Crippen molar-refractivity contribution in [1.29, 1.82) is 0 Å². The molecule has 0 aromatic carbocycles. The average molecular weight is 198 g/mol. The maximum Gasteiger partial charge on any atom is 1.00 e. The molecule has 0 saturated heterocycles. The Hall–Kier alpha value is 0.280. The summed E-state index contributed by atoms with van der Waals surface area (Å²) in [6, 6.07) is 1.32. The third-order valence-corrected chi connectivity index (χ3v) is 1.83. The maximum atomic E-state index is 10.3. The Kier molecular flexibility index (Phi) is 5.22. The van der Waals surface area contributed by atoms with Crippen LogP contribution in [0, 0.1) is 0 Å². The van der Waals surface area contributed by atoms with E-state index in [9.17, 15) is 8.76 Å². The van der Waals surface area contributed by atoms with Gasteiger partial charge in [0, 0.05) is 7.05 Å². The van der Waals surface area contributed by atoms with E-state index < -0.39 is 11.1 Å². The van der Waals surface area contributed by atoms with Crippen molar-refractivity contribution < 1.29 is 43.4 Å². The van der Waals surface area contributed by atoms with Gasteiger partial charge < -0.3 is 9.66 Å². The van der Waals surface area contributed by atoms with Crippen LogP contribution in [-0.2, 0) is 24.7 Å². The van der Waals surface area contributed by atoms with Crippen LogP contribution in [0.1, 0.15) is 5.69 Å². The van der Waals surface area contributed by atoms with E-state index in [-0.39, 0.29) is 41.2 Å². The van der Waals surface area contributed by atoms with Crippen LogP contribution in [0.5, 0.6) is 0 Å². The summed E-state index contributed by atoms with van der Waals surface area (Å²) in [7, 11) is 1.57. The quantitative estimate of drug-likeness (QED) is 0.390. The molecule has 0 aliphatic carbocycles. The largest absolute Gasteiger partial charge is 1.00 e. The van der Waals surface area contributed by atoms with Gasteiger partial charge in [0.15, 0.2) is 0 Å². The molecule has 1 unspecified atom stereocenters. The Balaban J connectivity index is 0.00000121. The zero-order valence-corrected chi connectivity index (χ0v) is 9.67. The third-order valence-electron chi connectivity index (χ3n) is 1.29. The topological polar surface area (TPSA) is 78.2 Å². The molecule has 1 atom stereocenters. The maximum absolute atomic E-state index is 10.3. The van der Waals surface area contributed by atoms with E-state index in [1.54, 1.807) is 7.05 Å². The summed E-state index contributed by atoms with van der Waals surface area (Å²) in [5.41, 5.74) is 0.476. The van der Waals surface area contributed by atoms with Crippen molar-refractivity contribution in [3.63, 3.8) is 0 Å². The summed E-state index contributed by atoms with van der Waals surface area (Å²) in [5.74, 6) is 0. The minimum absolute atomic E-state index is 0. The van der Waals surface area contributed by atoms with Gasteiger partial charge in [0.25, 0.3) is 0 Å². The Morgan fingerprint density at radius 2 is 2.42 bits per heavy atom. The third kappa shape index (κ3) is 2.65. The average Bonchev–Trinajstić information content (AvgIpc) is 2.31. The first-order valence-electron chi connectivity index (χ1n) is 2.88. The molecule has 1 heterocycles. The molecule has 1 aromatic rings. The molecule has 7 heteroatoms. The van der Waals surface area contributed by atoms with Crippen molar-refractivity contribution in [2.75, 3.05) is 0 Å². The standard InChI is InChI=1S/C5H8N2O3S.Na/c1-7-4(3-8)2-5(6-7)11(9)10;/h2,8H,3H2,1H3,(H,9,10);/q;+1/p-1. The molecule has 1 N–H and O–H groups in total. The molecular formula is C5H7N2NaO3S. The van der Waals surface area contributed by atoms with E-state index in [2.05, 4.69) is 5.10 Å². The summed E-state index contributed by atoms with van der Waals surface area (Å²) in [4.78, 5) is 0. The van der Waals surface area contributed by atoms with Gasteiger partial charge in [0.2, 0.25) is 0 Å². The Morgan fingerprint density at radius 3 is 2.67 bits per heavy atom. The number of aliphatic hydroxyl groups is 1. The van der Waals surface area contributed by atoms with Crippen molar-refractivity contribution in [2.45, 2.75) is 11.6 Å². The van der Waals surface area contributed by atoms with Gasteiger partial charge >= 0.3 is 29.6 Å². The van der Waals surface area contributed by atoms with Gasteiger partial charge in [-0.1, -0.05) is 0 Å². The number of nitrogens with zero attached hydrogens (tertiary/aromatic N) is 2. The number of hydrogen-bond acceptors (Lipinski definition) is 4. The van der Waals surface area contributed by atoms with Crippen molar-refractivity contribution in [3.05, 3.63) is 11.8 Å². The minimum atomic E-state index is -2.31. The van der Waals surface area contributed by atoms with Gasteiger partial charge in [-0.05, 0) is 17.1 Å². The molecule has 62 valence electrons. The molecule has 0 fully saturated rings. The van der Waals surface area contributed by atoms with E-state index in [1.165, 1.54) is 10.7 Å². The number of rotatable bonds is 2. The monoisotopic (exact) mass is 198 g/mol. The molecule has 12 heavy (non-hydrogen) atoms. The van der Waals surface area contributed by atoms with Crippen LogP contribution < -0.4 is 29.6 Å². The summed E-state index contributed by atoms with van der Waals surface area (Å²) < 4.78 is 22.0. The van der Waals surface area contributed by atoms with E-state index in [0.717, 1.165) is 0 Å². The van der Waals surface area contributed by atoms with Crippen molar-refractivity contribution in [2.24, 2.45) is 7.05 Å². The predicted octanol–water partition coefficient (Wildman–Crippen LogP) is -3.85. The van der Waals surface area contributed by atoms with Gasteiger partial charge in [-0.15, -0.1) is 0 Å². The normalized spacial score (nSPS) is 12.2. The van der Waals surface area contributed by atoms with Crippen LogP contribution >= 0.6 is 0 Å². The fourth-order valence-corrected chi connectivity index (χ4v) is 1.13. The molecule has 0 bridgehead atoms. The van der Waals surface area contributed by atoms with Crippen molar-refractivity contribution in [3.8, 4) is 0 Å². The predicted molar refractivity (Wildman–Crippen MR) is 36.3 cm³/mol. The molecule has 0 radical (unpaired) electrons. The molecule has 1 aromatic heterocycles. The van der Waals surface area contributed by atoms with Crippen LogP contribution in [0.15, 0.2) is 11.1 Å². The molecule has 0 aliphatic rings. The first-order valence-corrected chi connectivity index (χ1v) is 3.95. The number of aromatic nitrogens is 2. The van der Waals surface area contributed by atoms with Crippen LogP contribution in [-0.4, -0.2) is 23.6 Å². The van der Waals surface area contributed by atoms with E-state index in [4.69, 9.17) is 5.11 Å². The Morgan fingerprint density at radius 1 is 1.83 bits per heavy atom. The van der Waals surface area contributed by atoms with Crippen LogP contribution in [0.25, 0.3) is 0 Å².